The summed E-state index contributed by atoms with van der Waals surface area (Å²) in [6.45, 7) is 8.08. The van der Waals surface area contributed by atoms with Crippen LogP contribution in [-0.4, -0.2) is 34.3 Å². The first-order valence-electron chi connectivity index (χ1n) is 12.2. The van der Waals surface area contributed by atoms with Crippen LogP contribution in [0.4, 0.5) is 11.4 Å². The molecule has 1 aromatic carbocycles. The number of thiocarbonyl (C=S) groups is 1. The third kappa shape index (κ3) is 4.89. The number of pyridine rings is 2. The lowest BCUT2D eigenvalue weighted by Crippen LogP contribution is -2.29. The minimum absolute atomic E-state index is 0.197. The molecule has 0 aliphatic carbocycles. The van der Waals surface area contributed by atoms with E-state index in [0.29, 0.717) is 10.8 Å². The number of nitrogens with zero attached hydrogens (tertiary/aromatic N) is 4. The van der Waals surface area contributed by atoms with Crippen molar-refractivity contribution in [1.82, 2.24) is 19.9 Å². The highest BCUT2D eigenvalue weighted by atomic mass is 32.2. The Balaban J connectivity index is 1.65. The molecule has 0 bridgehead atoms. The van der Waals surface area contributed by atoms with Gasteiger partial charge in [-0.25, -0.2) is 13.4 Å². The van der Waals surface area contributed by atoms with Crippen molar-refractivity contribution < 1.29 is 8.42 Å². The minimum atomic E-state index is -3.40. The van der Waals surface area contributed by atoms with Gasteiger partial charge in [-0.3, -0.25) is 9.71 Å². The van der Waals surface area contributed by atoms with E-state index in [1.165, 1.54) is 0 Å². The summed E-state index contributed by atoms with van der Waals surface area (Å²) in [5.74, 6) is 0.860. The summed E-state index contributed by atoms with van der Waals surface area (Å²) in [6, 6.07) is 17.4. The van der Waals surface area contributed by atoms with Crippen LogP contribution >= 0.6 is 12.2 Å². The normalized spacial score (nSPS) is 17.5. The van der Waals surface area contributed by atoms with Gasteiger partial charge >= 0.3 is 0 Å². The number of benzene rings is 1. The Hall–Kier alpha value is -3.76. The third-order valence-corrected chi connectivity index (χ3v) is 7.70. The zero-order valence-corrected chi connectivity index (χ0v) is 23.6. The Morgan fingerprint density at radius 2 is 1.79 bits per heavy atom. The van der Waals surface area contributed by atoms with Gasteiger partial charge in [0.1, 0.15) is 5.82 Å². The Morgan fingerprint density at radius 3 is 2.42 bits per heavy atom. The summed E-state index contributed by atoms with van der Waals surface area (Å²) in [5, 5.41) is 4.08. The Bertz CT molecular complexity index is 1620. The standard InChI is InChI=1S/C28H30N6O2S2/c1-17-9-12-25(30-16-17)33-19(3)15-22(20(33)4)27-26(24-8-6-7-13-29-24)31-28(37)34(27)21-10-11-23(18(2)14-21)32-38(5,35)36/h6-16,26-27,32H,1-5H3,(H,31,37)/t26-,27+/m0/s1. The van der Waals surface area contributed by atoms with Crippen molar-refractivity contribution in [3.05, 3.63) is 101 Å². The van der Waals surface area contributed by atoms with E-state index in [1.54, 1.807) is 12.3 Å². The minimum Gasteiger partial charge on any atom is -0.351 e. The van der Waals surface area contributed by atoms with Gasteiger partial charge in [-0.2, -0.15) is 0 Å². The average molecular weight is 547 g/mol. The number of hydrogen-bond donors (Lipinski definition) is 2. The van der Waals surface area contributed by atoms with Crippen molar-refractivity contribution in [2.75, 3.05) is 15.9 Å². The molecule has 0 amide bonds. The molecule has 5 rings (SSSR count). The number of anilines is 2. The number of rotatable bonds is 6. The van der Waals surface area contributed by atoms with E-state index in [0.717, 1.165) is 51.5 Å². The average Bonchev–Trinajstić information content (AvgIpc) is 3.36. The van der Waals surface area contributed by atoms with Crippen LogP contribution in [0.3, 0.4) is 0 Å². The monoisotopic (exact) mass is 546 g/mol. The predicted octanol–water partition coefficient (Wildman–Crippen LogP) is 5.05. The molecule has 0 spiro atoms. The van der Waals surface area contributed by atoms with E-state index in [9.17, 15) is 8.42 Å². The van der Waals surface area contributed by atoms with Crippen LogP contribution in [0.5, 0.6) is 0 Å². The Morgan fingerprint density at radius 1 is 1.00 bits per heavy atom. The molecule has 196 valence electrons. The second kappa shape index (κ2) is 9.85. The lowest BCUT2D eigenvalue weighted by molar-refractivity contribution is 0.565. The maximum absolute atomic E-state index is 11.8. The number of aryl methyl sites for hydroxylation is 3. The molecule has 4 heterocycles. The van der Waals surface area contributed by atoms with Gasteiger partial charge < -0.3 is 14.8 Å². The predicted molar refractivity (Wildman–Crippen MR) is 155 cm³/mol. The van der Waals surface area contributed by atoms with Crippen LogP contribution in [0.15, 0.2) is 67.0 Å². The molecule has 1 saturated heterocycles. The highest BCUT2D eigenvalue weighted by Crippen LogP contribution is 2.44. The van der Waals surface area contributed by atoms with Gasteiger partial charge in [-0.05, 0) is 99.1 Å². The molecule has 3 aromatic heterocycles. The zero-order chi connectivity index (χ0) is 27.2. The summed E-state index contributed by atoms with van der Waals surface area (Å²) in [5.41, 5.74) is 7.41. The van der Waals surface area contributed by atoms with Crippen LogP contribution in [0.25, 0.3) is 5.82 Å². The van der Waals surface area contributed by atoms with Gasteiger partial charge in [-0.15, -0.1) is 0 Å². The molecule has 1 aliphatic heterocycles. The quantitative estimate of drug-likeness (QED) is 0.327. The first kappa shape index (κ1) is 25.9. The van der Waals surface area contributed by atoms with E-state index >= 15 is 0 Å². The lowest BCUT2D eigenvalue weighted by Gasteiger charge is -2.28. The Labute approximate surface area is 228 Å². The van der Waals surface area contributed by atoms with Crippen molar-refractivity contribution in [3.63, 3.8) is 0 Å². The van der Waals surface area contributed by atoms with E-state index in [-0.39, 0.29) is 12.1 Å². The molecule has 1 aliphatic rings. The fourth-order valence-electron chi connectivity index (χ4n) is 5.09. The summed E-state index contributed by atoms with van der Waals surface area (Å²) >= 11 is 5.89. The second-order valence-electron chi connectivity index (χ2n) is 9.73. The summed E-state index contributed by atoms with van der Waals surface area (Å²) in [4.78, 5) is 11.4. The fraction of sp³-hybridized carbons (Fsp3) is 0.250. The van der Waals surface area contributed by atoms with E-state index < -0.39 is 10.0 Å². The van der Waals surface area contributed by atoms with Gasteiger partial charge in [0.25, 0.3) is 0 Å². The molecular formula is C28H30N6O2S2. The molecule has 0 unspecified atom stereocenters. The molecule has 10 heteroatoms. The Kier molecular flexibility index (Phi) is 6.70. The summed E-state index contributed by atoms with van der Waals surface area (Å²) in [7, 11) is -3.40. The fourth-order valence-corrected chi connectivity index (χ4v) is 6.07. The summed E-state index contributed by atoms with van der Waals surface area (Å²) in [6.07, 6.45) is 4.80. The van der Waals surface area contributed by atoms with Crippen LogP contribution in [0.2, 0.25) is 0 Å². The molecule has 0 saturated carbocycles. The van der Waals surface area contributed by atoms with Crippen LogP contribution < -0.4 is 14.9 Å². The first-order chi connectivity index (χ1) is 18.0. The van der Waals surface area contributed by atoms with Gasteiger partial charge in [0.15, 0.2) is 5.11 Å². The second-order valence-corrected chi connectivity index (χ2v) is 11.9. The summed E-state index contributed by atoms with van der Waals surface area (Å²) < 4.78 is 28.4. The van der Waals surface area contributed by atoms with Gasteiger partial charge in [0.05, 0.1) is 29.7 Å². The molecule has 38 heavy (non-hydrogen) atoms. The van der Waals surface area contributed by atoms with Crippen LogP contribution in [0.1, 0.15) is 45.9 Å². The molecule has 4 aromatic rings. The largest absolute Gasteiger partial charge is 0.351 e. The topological polar surface area (TPSA) is 92.2 Å². The molecule has 2 atom stereocenters. The molecular weight excluding hydrogens is 516 g/mol. The van der Waals surface area contributed by atoms with E-state index in [4.69, 9.17) is 12.2 Å². The van der Waals surface area contributed by atoms with Crippen LogP contribution in [0, 0.1) is 27.7 Å². The first-order valence-corrected chi connectivity index (χ1v) is 14.5. The SMILES string of the molecule is Cc1ccc(-n2c(C)cc([C@@H]3[C@H](c4ccccn4)NC(=S)N3c3ccc(NS(C)(=O)=O)c(C)c3)c2C)nc1. The maximum atomic E-state index is 11.8. The van der Waals surface area contributed by atoms with Crippen molar-refractivity contribution in [3.8, 4) is 5.82 Å². The van der Waals surface area contributed by atoms with E-state index in [2.05, 4.69) is 55.5 Å². The third-order valence-electron chi connectivity index (χ3n) is 6.80. The smallest absolute Gasteiger partial charge is 0.229 e. The maximum Gasteiger partial charge on any atom is 0.229 e. The van der Waals surface area contributed by atoms with Crippen molar-refractivity contribution in [2.24, 2.45) is 0 Å². The van der Waals surface area contributed by atoms with Gasteiger partial charge in [0, 0.05) is 29.5 Å². The van der Waals surface area contributed by atoms with Gasteiger partial charge in [0.2, 0.25) is 10.0 Å². The van der Waals surface area contributed by atoms with Crippen molar-refractivity contribution >= 4 is 38.7 Å². The molecule has 1 fully saturated rings. The number of sulfonamides is 1. The zero-order valence-electron chi connectivity index (χ0n) is 21.9. The molecule has 2 N–H and O–H groups in total. The number of hydrogen-bond acceptors (Lipinski definition) is 5. The lowest BCUT2D eigenvalue weighted by atomic mass is 9.96. The number of aromatic nitrogens is 3. The highest BCUT2D eigenvalue weighted by Gasteiger charge is 2.42. The van der Waals surface area contributed by atoms with E-state index in [1.807, 2.05) is 56.4 Å². The van der Waals surface area contributed by atoms with Crippen LogP contribution in [-0.2, 0) is 10.0 Å². The van der Waals surface area contributed by atoms with Crippen molar-refractivity contribution in [1.29, 1.82) is 0 Å². The van der Waals surface area contributed by atoms with Gasteiger partial charge in [-0.1, -0.05) is 12.1 Å². The molecule has 0 radical (unpaired) electrons. The molecule has 8 nitrogen and oxygen atoms in total. The highest BCUT2D eigenvalue weighted by molar-refractivity contribution is 7.92. The van der Waals surface area contributed by atoms with Crippen molar-refractivity contribution in [2.45, 2.75) is 39.8 Å². The number of nitrogens with one attached hydrogen (secondary N) is 2.